The van der Waals surface area contributed by atoms with Gasteiger partial charge in [0.25, 0.3) is 0 Å². The molecule has 1 aromatic heterocycles. The molecule has 0 aromatic carbocycles. The van der Waals surface area contributed by atoms with Gasteiger partial charge in [-0.25, -0.2) is 4.68 Å². The van der Waals surface area contributed by atoms with E-state index in [9.17, 15) is 4.79 Å². The highest BCUT2D eigenvalue weighted by Gasteiger charge is 2.36. The van der Waals surface area contributed by atoms with Gasteiger partial charge in [0, 0.05) is 27.5 Å². The summed E-state index contributed by atoms with van der Waals surface area (Å²) in [5.74, 6) is -1.32. The fourth-order valence-electron chi connectivity index (χ4n) is 2.27. The molecule has 0 spiro atoms. The van der Waals surface area contributed by atoms with Crippen molar-refractivity contribution in [1.82, 2.24) is 9.78 Å². The molecule has 0 amide bonds. The summed E-state index contributed by atoms with van der Waals surface area (Å²) in [6, 6.07) is 2.93. The van der Waals surface area contributed by atoms with Crippen molar-refractivity contribution in [3.8, 4) is 0 Å². The minimum Gasteiger partial charge on any atom is -0.481 e. The van der Waals surface area contributed by atoms with Gasteiger partial charge in [-0.1, -0.05) is 19.6 Å². The van der Waals surface area contributed by atoms with Crippen LogP contribution in [0.1, 0.15) is 18.2 Å². The Balaban J connectivity index is 1.85. The van der Waals surface area contributed by atoms with Gasteiger partial charge in [-0.15, -0.1) is 0 Å². The number of aromatic nitrogens is 2. The molecule has 1 aliphatic rings. The molecule has 2 rings (SSSR count). The van der Waals surface area contributed by atoms with E-state index in [1.54, 1.807) is 4.68 Å². The zero-order chi connectivity index (χ0) is 15.5. The van der Waals surface area contributed by atoms with Crippen molar-refractivity contribution < 1.29 is 19.4 Å². The van der Waals surface area contributed by atoms with Gasteiger partial charge >= 0.3 is 5.97 Å². The largest absolute Gasteiger partial charge is 0.481 e. The lowest BCUT2D eigenvalue weighted by Crippen LogP contribution is -2.22. The maximum atomic E-state index is 11.2. The fraction of sp³-hybridized carbons (Fsp3) is 0.714. The summed E-state index contributed by atoms with van der Waals surface area (Å²) >= 11 is 0. The molecule has 6 nitrogen and oxygen atoms in total. The molecule has 1 aliphatic heterocycles. The van der Waals surface area contributed by atoms with Crippen LogP contribution in [0.15, 0.2) is 12.3 Å². The van der Waals surface area contributed by atoms with Crippen LogP contribution in [0.4, 0.5) is 0 Å². The normalized spacial score (nSPS) is 22.6. The number of carbonyl (C=O) groups is 1. The number of rotatable bonds is 7. The lowest BCUT2D eigenvalue weighted by Gasteiger charge is -2.15. The molecule has 0 saturated carbocycles. The average Bonchev–Trinajstić information content (AvgIpc) is 3.01. The van der Waals surface area contributed by atoms with E-state index in [0.29, 0.717) is 25.5 Å². The Morgan fingerprint density at radius 1 is 1.57 bits per heavy atom. The Kier molecular flexibility index (Phi) is 5.18. The van der Waals surface area contributed by atoms with Crippen LogP contribution in [-0.2, 0) is 21.0 Å². The highest BCUT2D eigenvalue weighted by atomic mass is 28.3. The molecule has 1 fully saturated rings. The van der Waals surface area contributed by atoms with E-state index in [4.69, 9.17) is 14.6 Å². The summed E-state index contributed by atoms with van der Waals surface area (Å²) in [6.07, 6.45) is 1.91. The Labute approximate surface area is 126 Å². The minimum absolute atomic E-state index is 0.398. The van der Waals surface area contributed by atoms with Crippen LogP contribution in [0.5, 0.6) is 0 Å². The first-order valence-electron chi connectivity index (χ1n) is 7.32. The van der Waals surface area contributed by atoms with Crippen LogP contribution in [0.2, 0.25) is 25.7 Å². The molecule has 2 heterocycles. The minimum atomic E-state index is -1.07. The van der Waals surface area contributed by atoms with Crippen LogP contribution in [-0.4, -0.2) is 42.1 Å². The molecule has 21 heavy (non-hydrogen) atoms. The molecule has 0 aliphatic carbocycles. The van der Waals surface area contributed by atoms with E-state index < -0.39 is 26.1 Å². The SMILES string of the molecule is C[Si](C)(C)CCOCn1ccc(C2OCCC2C(=O)O)n1. The fourth-order valence-corrected chi connectivity index (χ4v) is 3.03. The van der Waals surface area contributed by atoms with Gasteiger partial charge in [-0.05, 0) is 18.5 Å². The van der Waals surface area contributed by atoms with E-state index in [0.717, 1.165) is 12.7 Å². The number of aliphatic carboxylic acids is 1. The maximum Gasteiger partial charge on any atom is 0.309 e. The van der Waals surface area contributed by atoms with Gasteiger partial charge in [0.1, 0.15) is 12.8 Å². The van der Waals surface area contributed by atoms with Crippen LogP contribution < -0.4 is 0 Å². The quantitative estimate of drug-likeness (QED) is 0.618. The zero-order valence-corrected chi connectivity index (χ0v) is 13.9. The number of carboxylic acids is 1. The Morgan fingerprint density at radius 2 is 2.33 bits per heavy atom. The maximum absolute atomic E-state index is 11.2. The topological polar surface area (TPSA) is 73.6 Å². The summed E-state index contributed by atoms with van der Waals surface area (Å²) in [7, 11) is -1.07. The summed E-state index contributed by atoms with van der Waals surface area (Å²) in [5.41, 5.74) is 0.675. The lowest BCUT2D eigenvalue weighted by molar-refractivity contribution is -0.143. The summed E-state index contributed by atoms with van der Waals surface area (Å²) in [5, 5.41) is 13.5. The zero-order valence-electron chi connectivity index (χ0n) is 12.9. The van der Waals surface area contributed by atoms with E-state index in [2.05, 4.69) is 24.7 Å². The third-order valence-electron chi connectivity index (χ3n) is 3.58. The summed E-state index contributed by atoms with van der Waals surface area (Å²) < 4.78 is 12.8. The third kappa shape index (κ3) is 4.65. The summed E-state index contributed by atoms with van der Waals surface area (Å²) in [6.45, 7) is 8.54. The van der Waals surface area contributed by atoms with E-state index in [-0.39, 0.29) is 0 Å². The molecule has 0 bridgehead atoms. The number of hydrogen-bond donors (Lipinski definition) is 1. The van der Waals surface area contributed by atoms with Crippen molar-refractivity contribution in [1.29, 1.82) is 0 Å². The van der Waals surface area contributed by atoms with Gasteiger partial charge in [0.2, 0.25) is 0 Å². The molecule has 1 N–H and O–H groups in total. The van der Waals surface area contributed by atoms with Gasteiger partial charge < -0.3 is 14.6 Å². The Bertz CT molecular complexity index is 484. The Hall–Kier alpha value is -1.18. The van der Waals surface area contributed by atoms with Gasteiger partial charge in [-0.2, -0.15) is 5.10 Å². The van der Waals surface area contributed by atoms with Crippen molar-refractivity contribution in [3.63, 3.8) is 0 Å². The van der Waals surface area contributed by atoms with Crippen LogP contribution in [0, 0.1) is 5.92 Å². The molecule has 1 aromatic rings. The standard InChI is InChI=1S/C14H24N2O4Si/c1-21(2,3)9-8-19-10-16-6-4-12(15-16)13-11(14(17)18)5-7-20-13/h4,6,11,13H,5,7-10H2,1-3H3,(H,17,18). The monoisotopic (exact) mass is 312 g/mol. The van der Waals surface area contributed by atoms with Crippen molar-refractivity contribution in [2.45, 2.75) is 44.9 Å². The molecular formula is C14H24N2O4Si. The average molecular weight is 312 g/mol. The molecule has 1 saturated heterocycles. The van der Waals surface area contributed by atoms with Crippen LogP contribution in [0.3, 0.4) is 0 Å². The van der Waals surface area contributed by atoms with E-state index >= 15 is 0 Å². The molecular weight excluding hydrogens is 288 g/mol. The third-order valence-corrected chi connectivity index (χ3v) is 5.29. The summed E-state index contributed by atoms with van der Waals surface area (Å²) in [4.78, 5) is 11.2. The number of ether oxygens (including phenoxy) is 2. The Morgan fingerprint density at radius 3 is 3.00 bits per heavy atom. The molecule has 2 unspecified atom stereocenters. The number of hydrogen-bond acceptors (Lipinski definition) is 4. The molecule has 7 heteroatoms. The first-order chi connectivity index (χ1) is 9.87. The van der Waals surface area contributed by atoms with Crippen molar-refractivity contribution >= 4 is 14.0 Å². The predicted octanol–water partition coefficient (Wildman–Crippen LogP) is 2.36. The van der Waals surface area contributed by atoms with E-state index in [1.807, 2.05) is 12.3 Å². The smallest absolute Gasteiger partial charge is 0.309 e. The van der Waals surface area contributed by atoms with Gasteiger partial charge in [0.15, 0.2) is 0 Å². The van der Waals surface area contributed by atoms with Gasteiger partial charge in [-0.3, -0.25) is 4.79 Å². The van der Waals surface area contributed by atoms with Crippen LogP contribution in [0.25, 0.3) is 0 Å². The van der Waals surface area contributed by atoms with Crippen LogP contribution >= 0.6 is 0 Å². The highest BCUT2D eigenvalue weighted by molar-refractivity contribution is 6.76. The molecule has 0 radical (unpaired) electrons. The first kappa shape index (κ1) is 16.2. The van der Waals surface area contributed by atoms with Crippen molar-refractivity contribution in [2.75, 3.05) is 13.2 Å². The first-order valence-corrected chi connectivity index (χ1v) is 11.0. The number of nitrogens with zero attached hydrogens (tertiary/aromatic N) is 2. The molecule has 2 atom stereocenters. The second kappa shape index (κ2) is 6.72. The number of carboxylic acid groups (broad SMARTS) is 1. The van der Waals surface area contributed by atoms with E-state index in [1.165, 1.54) is 0 Å². The van der Waals surface area contributed by atoms with Gasteiger partial charge in [0.05, 0.1) is 11.6 Å². The van der Waals surface area contributed by atoms with Crippen molar-refractivity contribution in [2.24, 2.45) is 5.92 Å². The second-order valence-electron chi connectivity index (χ2n) is 6.65. The predicted molar refractivity (Wildman–Crippen MR) is 80.8 cm³/mol. The lowest BCUT2D eigenvalue weighted by atomic mass is 10.00. The molecule has 118 valence electrons. The van der Waals surface area contributed by atoms with Crippen molar-refractivity contribution in [3.05, 3.63) is 18.0 Å². The second-order valence-corrected chi connectivity index (χ2v) is 12.3. The highest BCUT2D eigenvalue weighted by Crippen LogP contribution is 2.33.